The molecular weight excluding hydrogens is 422 g/mol. The number of piperidine rings is 1. The van der Waals surface area contributed by atoms with Gasteiger partial charge in [0.15, 0.2) is 5.96 Å². The van der Waals surface area contributed by atoms with Gasteiger partial charge in [-0.15, -0.1) is 24.0 Å². The summed E-state index contributed by atoms with van der Waals surface area (Å²) in [5.74, 6) is 0.533. The molecule has 1 aliphatic heterocycles. The minimum atomic E-state index is -0.259. The maximum atomic E-state index is 13.7. The van der Waals surface area contributed by atoms with Crippen LogP contribution in [0.15, 0.2) is 29.3 Å². The fourth-order valence-electron chi connectivity index (χ4n) is 2.92. The van der Waals surface area contributed by atoms with Crippen LogP contribution in [-0.4, -0.2) is 36.4 Å². The van der Waals surface area contributed by atoms with Gasteiger partial charge in [0.1, 0.15) is 5.82 Å². The number of amides is 1. The van der Waals surface area contributed by atoms with Crippen molar-refractivity contribution >= 4 is 35.8 Å². The molecule has 0 spiro atoms. The van der Waals surface area contributed by atoms with Gasteiger partial charge in [0, 0.05) is 31.6 Å². The lowest BCUT2D eigenvalue weighted by molar-refractivity contribution is -0.119. The van der Waals surface area contributed by atoms with Crippen LogP contribution in [0.25, 0.3) is 0 Å². The van der Waals surface area contributed by atoms with Gasteiger partial charge in [-0.05, 0) is 31.7 Å². The van der Waals surface area contributed by atoms with Crippen molar-refractivity contribution in [1.82, 2.24) is 10.2 Å². The summed E-state index contributed by atoms with van der Waals surface area (Å²) in [4.78, 5) is 17.8. The highest BCUT2D eigenvalue weighted by Crippen LogP contribution is 2.19. The second kappa shape index (κ2) is 10.5. The molecule has 0 saturated carbocycles. The van der Waals surface area contributed by atoms with Crippen LogP contribution < -0.4 is 11.1 Å². The summed E-state index contributed by atoms with van der Waals surface area (Å²) in [6.07, 6.45) is 2.41. The molecule has 1 heterocycles. The van der Waals surface area contributed by atoms with Crippen LogP contribution in [0, 0.1) is 11.7 Å². The molecule has 1 unspecified atom stereocenters. The van der Waals surface area contributed by atoms with Crippen molar-refractivity contribution in [3.05, 3.63) is 35.6 Å². The monoisotopic (exact) mass is 448 g/mol. The van der Waals surface area contributed by atoms with E-state index in [2.05, 4.69) is 15.2 Å². The first-order valence-electron chi connectivity index (χ1n) is 8.15. The number of hydrogen-bond donors (Lipinski definition) is 2. The highest BCUT2D eigenvalue weighted by atomic mass is 127. The lowest BCUT2D eigenvalue weighted by atomic mass is 9.95. The van der Waals surface area contributed by atoms with Gasteiger partial charge < -0.3 is 16.0 Å². The topological polar surface area (TPSA) is 70.7 Å². The van der Waals surface area contributed by atoms with Gasteiger partial charge in [-0.25, -0.2) is 9.38 Å². The van der Waals surface area contributed by atoms with Gasteiger partial charge in [-0.2, -0.15) is 0 Å². The first-order valence-corrected chi connectivity index (χ1v) is 8.15. The number of likely N-dealkylation sites (tertiary alicyclic amines) is 1. The molecule has 134 valence electrons. The molecule has 3 N–H and O–H groups in total. The number of carbonyl (C=O) groups excluding carboxylic acids is 1. The Hall–Kier alpha value is -1.38. The van der Waals surface area contributed by atoms with E-state index in [0.29, 0.717) is 18.5 Å². The molecule has 0 bridgehead atoms. The van der Waals surface area contributed by atoms with Crippen molar-refractivity contribution < 1.29 is 9.18 Å². The zero-order chi connectivity index (χ0) is 16.7. The Labute approximate surface area is 159 Å². The standard InChI is InChI=1S/C17H25FN4O.HI/c1-2-20-17(21-11-14-7-3-4-8-15(14)18)22-9-5-6-13(12-22)10-16(19)23;/h3-4,7-8,13H,2,5-6,9-12H2,1H3,(H2,19,23)(H,20,21);1H. The lowest BCUT2D eigenvalue weighted by Gasteiger charge is -2.34. The lowest BCUT2D eigenvalue weighted by Crippen LogP contribution is -2.47. The van der Waals surface area contributed by atoms with Crippen molar-refractivity contribution in [3.8, 4) is 0 Å². The van der Waals surface area contributed by atoms with Gasteiger partial charge >= 0.3 is 0 Å². The van der Waals surface area contributed by atoms with Crippen LogP contribution in [0.4, 0.5) is 4.39 Å². The molecule has 1 aromatic carbocycles. The van der Waals surface area contributed by atoms with E-state index in [4.69, 9.17) is 5.73 Å². The summed E-state index contributed by atoms with van der Waals surface area (Å²) in [7, 11) is 0. The molecule has 0 aliphatic carbocycles. The van der Waals surface area contributed by atoms with Gasteiger partial charge in [0.05, 0.1) is 6.54 Å². The van der Waals surface area contributed by atoms with E-state index >= 15 is 0 Å². The summed E-state index contributed by atoms with van der Waals surface area (Å²) in [6, 6.07) is 6.67. The molecule has 2 rings (SSSR count). The Morgan fingerprint density at radius 2 is 2.21 bits per heavy atom. The SMILES string of the molecule is CCNC(=NCc1ccccc1F)N1CCCC(CC(N)=O)C1.I. The predicted molar refractivity (Wildman–Crippen MR) is 105 cm³/mol. The number of nitrogens with zero attached hydrogens (tertiary/aromatic N) is 2. The Bertz CT molecular complexity index is 567. The first-order chi connectivity index (χ1) is 11.1. The van der Waals surface area contributed by atoms with Gasteiger partial charge in [-0.3, -0.25) is 4.79 Å². The summed E-state index contributed by atoms with van der Waals surface area (Å²) in [5.41, 5.74) is 5.89. The zero-order valence-corrected chi connectivity index (χ0v) is 16.3. The fourth-order valence-corrected chi connectivity index (χ4v) is 2.92. The molecular formula is C17H26FIN4O. The highest BCUT2D eigenvalue weighted by molar-refractivity contribution is 14.0. The van der Waals surface area contributed by atoms with E-state index in [1.54, 1.807) is 12.1 Å². The van der Waals surface area contributed by atoms with Gasteiger partial charge in [0.2, 0.25) is 5.91 Å². The number of benzene rings is 1. The van der Waals surface area contributed by atoms with Crippen LogP contribution in [0.5, 0.6) is 0 Å². The molecule has 1 aliphatic rings. The molecule has 1 aromatic rings. The summed E-state index contributed by atoms with van der Waals surface area (Å²) >= 11 is 0. The van der Waals surface area contributed by atoms with Crippen molar-refractivity contribution in [2.24, 2.45) is 16.6 Å². The number of nitrogens with one attached hydrogen (secondary N) is 1. The van der Waals surface area contributed by atoms with E-state index in [1.807, 2.05) is 13.0 Å². The van der Waals surface area contributed by atoms with Crippen LogP contribution in [-0.2, 0) is 11.3 Å². The largest absolute Gasteiger partial charge is 0.370 e. The maximum Gasteiger partial charge on any atom is 0.217 e. The summed E-state index contributed by atoms with van der Waals surface area (Å²) in [5, 5.41) is 3.25. The third-order valence-electron chi connectivity index (χ3n) is 4.00. The number of hydrogen-bond acceptors (Lipinski definition) is 2. The minimum absolute atomic E-state index is 0. The van der Waals surface area contributed by atoms with Crippen LogP contribution >= 0.6 is 24.0 Å². The quantitative estimate of drug-likeness (QED) is 0.413. The zero-order valence-electron chi connectivity index (χ0n) is 14.0. The van der Waals surface area contributed by atoms with Gasteiger partial charge in [0.25, 0.3) is 0 Å². The third-order valence-corrected chi connectivity index (χ3v) is 4.00. The average Bonchev–Trinajstić information content (AvgIpc) is 2.52. The first kappa shape index (κ1) is 20.7. The van der Waals surface area contributed by atoms with E-state index in [0.717, 1.165) is 38.4 Å². The third kappa shape index (κ3) is 6.26. The second-order valence-corrected chi connectivity index (χ2v) is 5.89. The number of halogens is 2. The van der Waals surface area contributed by atoms with Crippen molar-refractivity contribution in [3.63, 3.8) is 0 Å². The Kier molecular flexibility index (Phi) is 9.02. The normalized spacial score (nSPS) is 18.0. The molecule has 24 heavy (non-hydrogen) atoms. The number of rotatable bonds is 5. The molecule has 0 radical (unpaired) electrons. The van der Waals surface area contributed by atoms with Crippen LogP contribution in [0.3, 0.4) is 0 Å². The maximum absolute atomic E-state index is 13.7. The van der Waals surface area contributed by atoms with E-state index in [9.17, 15) is 9.18 Å². The predicted octanol–water partition coefficient (Wildman–Crippen LogP) is 2.50. The molecule has 0 aromatic heterocycles. The van der Waals surface area contributed by atoms with Crippen molar-refractivity contribution in [1.29, 1.82) is 0 Å². The highest BCUT2D eigenvalue weighted by Gasteiger charge is 2.23. The van der Waals surface area contributed by atoms with E-state index < -0.39 is 0 Å². The number of guanidine groups is 1. The minimum Gasteiger partial charge on any atom is -0.370 e. The van der Waals surface area contributed by atoms with Gasteiger partial charge in [-0.1, -0.05) is 18.2 Å². The van der Waals surface area contributed by atoms with Crippen molar-refractivity contribution in [2.45, 2.75) is 32.7 Å². The molecule has 5 nitrogen and oxygen atoms in total. The summed E-state index contributed by atoms with van der Waals surface area (Å²) in [6.45, 7) is 4.69. The smallest absolute Gasteiger partial charge is 0.217 e. The summed E-state index contributed by atoms with van der Waals surface area (Å²) < 4.78 is 13.7. The number of primary amides is 1. The molecule has 1 amide bonds. The number of carbonyl (C=O) groups is 1. The Morgan fingerprint density at radius 3 is 2.88 bits per heavy atom. The Balaban J connectivity index is 0.00000288. The Morgan fingerprint density at radius 1 is 1.46 bits per heavy atom. The molecule has 1 saturated heterocycles. The van der Waals surface area contributed by atoms with Crippen LogP contribution in [0.1, 0.15) is 31.7 Å². The number of nitrogens with two attached hydrogens (primary N) is 1. The molecule has 1 atom stereocenters. The molecule has 7 heteroatoms. The fraction of sp³-hybridized carbons (Fsp3) is 0.529. The van der Waals surface area contributed by atoms with E-state index in [-0.39, 0.29) is 41.6 Å². The van der Waals surface area contributed by atoms with Crippen molar-refractivity contribution in [2.75, 3.05) is 19.6 Å². The molecule has 1 fully saturated rings. The average molecular weight is 448 g/mol. The second-order valence-electron chi connectivity index (χ2n) is 5.89. The number of aliphatic imine (C=N–C) groups is 1. The van der Waals surface area contributed by atoms with Crippen LogP contribution in [0.2, 0.25) is 0 Å². The van der Waals surface area contributed by atoms with E-state index in [1.165, 1.54) is 6.07 Å².